The number of hydrogen-bond donors (Lipinski definition) is 0. The summed E-state index contributed by atoms with van der Waals surface area (Å²) in [4.78, 5) is 15.4. The van der Waals surface area contributed by atoms with Gasteiger partial charge >= 0.3 is 0 Å². The minimum absolute atomic E-state index is 0.0126. The van der Waals surface area contributed by atoms with E-state index in [1.807, 2.05) is 24.3 Å². The van der Waals surface area contributed by atoms with Gasteiger partial charge in [0.25, 0.3) is 5.91 Å². The molecule has 1 amide bonds. The molecule has 2 aromatic carbocycles. The molecule has 2 aromatic rings. The number of carbonyl (C=O) groups excluding carboxylic acids is 1. The second kappa shape index (κ2) is 9.50. The van der Waals surface area contributed by atoms with Crippen molar-refractivity contribution in [3.63, 3.8) is 0 Å². The van der Waals surface area contributed by atoms with Crippen molar-refractivity contribution in [3.8, 4) is 5.75 Å². The Morgan fingerprint density at radius 3 is 2.73 bits per heavy atom. The van der Waals surface area contributed by atoms with E-state index in [1.165, 1.54) is 24.2 Å². The number of benzene rings is 2. The van der Waals surface area contributed by atoms with Gasteiger partial charge in [0.2, 0.25) is 0 Å². The first kappa shape index (κ1) is 21.3. The molecule has 7 heteroatoms. The predicted octanol–water partition coefficient (Wildman–Crippen LogP) is 6.59. The molecule has 1 saturated carbocycles. The number of amides is 1. The molecule has 0 spiro atoms. The van der Waals surface area contributed by atoms with Gasteiger partial charge in [0, 0.05) is 11.6 Å². The topological polar surface area (TPSA) is 29.5 Å². The molecule has 0 N–H and O–H groups in total. The van der Waals surface area contributed by atoms with Crippen LogP contribution in [0.1, 0.15) is 43.2 Å². The number of halogens is 2. The molecule has 0 aromatic heterocycles. The third-order valence-electron chi connectivity index (χ3n) is 5.36. The van der Waals surface area contributed by atoms with E-state index in [0.717, 1.165) is 31.2 Å². The van der Waals surface area contributed by atoms with E-state index >= 15 is 0 Å². The summed E-state index contributed by atoms with van der Waals surface area (Å²) in [6.45, 7) is 0.0265. The SMILES string of the molecule is O=C1/C(=C/c2cccc(OCc3c(F)cccc3Cl)c2)SC(=S)N1C1CCCCC1. The van der Waals surface area contributed by atoms with Crippen molar-refractivity contribution in [2.24, 2.45) is 0 Å². The number of hydrogen-bond acceptors (Lipinski definition) is 4. The van der Waals surface area contributed by atoms with E-state index in [0.29, 0.717) is 25.6 Å². The molecule has 3 nitrogen and oxygen atoms in total. The van der Waals surface area contributed by atoms with Crippen LogP contribution in [0.15, 0.2) is 47.4 Å². The zero-order chi connectivity index (χ0) is 21.1. The lowest BCUT2D eigenvalue weighted by atomic mass is 9.94. The van der Waals surface area contributed by atoms with Crippen LogP contribution in [-0.4, -0.2) is 21.2 Å². The molecular formula is C23H21ClFNO2S2. The Morgan fingerprint density at radius 1 is 1.20 bits per heavy atom. The average Bonchev–Trinajstić information content (AvgIpc) is 3.01. The number of carbonyl (C=O) groups is 1. The summed E-state index contributed by atoms with van der Waals surface area (Å²) in [6, 6.07) is 12.1. The Hall–Kier alpha value is -1.89. The normalized spacial score (nSPS) is 19.0. The quantitative estimate of drug-likeness (QED) is 0.371. The van der Waals surface area contributed by atoms with Crippen LogP contribution in [0.3, 0.4) is 0 Å². The van der Waals surface area contributed by atoms with Crippen LogP contribution >= 0.6 is 35.6 Å². The fourth-order valence-corrected chi connectivity index (χ4v) is 5.42. The molecule has 1 aliphatic heterocycles. The highest BCUT2D eigenvalue weighted by molar-refractivity contribution is 8.26. The van der Waals surface area contributed by atoms with E-state index in [9.17, 15) is 9.18 Å². The second-order valence-corrected chi connectivity index (χ2v) is 9.49. The smallest absolute Gasteiger partial charge is 0.266 e. The Labute approximate surface area is 190 Å². The minimum Gasteiger partial charge on any atom is -0.489 e. The lowest BCUT2D eigenvalue weighted by Crippen LogP contribution is -2.39. The minimum atomic E-state index is -0.398. The van der Waals surface area contributed by atoms with Gasteiger partial charge in [-0.25, -0.2) is 4.39 Å². The number of thioether (sulfide) groups is 1. The van der Waals surface area contributed by atoms with Crippen molar-refractivity contribution >= 4 is 51.9 Å². The van der Waals surface area contributed by atoms with Crippen LogP contribution < -0.4 is 4.74 Å². The number of ether oxygens (including phenoxy) is 1. The van der Waals surface area contributed by atoms with E-state index < -0.39 is 5.82 Å². The predicted molar refractivity (Wildman–Crippen MR) is 124 cm³/mol. The molecular weight excluding hydrogens is 441 g/mol. The summed E-state index contributed by atoms with van der Waals surface area (Å²) in [5.74, 6) is 0.164. The maximum atomic E-state index is 13.9. The first-order valence-corrected chi connectivity index (χ1v) is 11.6. The molecule has 0 bridgehead atoms. The fraction of sp³-hybridized carbons (Fsp3) is 0.304. The highest BCUT2D eigenvalue weighted by Gasteiger charge is 2.37. The lowest BCUT2D eigenvalue weighted by Gasteiger charge is -2.29. The standard InChI is InChI=1S/C23H21ClFNO2S2/c24-19-10-5-11-20(25)18(19)14-28-17-9-4-6-15(12-17)13-21-22(27)26(23(29)30-21)16-7-2-1-3-8-16/h4-6,9-13,16H,1-3,7-8,14H2/b21-13-. The third-order valence-corrected chi connectivity index (χ3v) is 7.05. The van der Waals surface area contributed by atoms with Crippen LogP contribution in [0, 0.1) is 5.82 Å². The summed E-state index contributed by atoms with van der Waals surface area (Å²) in [5.41, 5.74) is 1.15. The van der Waals surface area contributed by atoms with Gasteiger partial charge in [0.1, 0.15) is 22.5 Å². The van der Waals surface area contributed by atoms with Crippen molar-refractivity contribution in [3.05, 3.63) is 69.3 Å². The van der Waals surface area contributed by atoms with Crippen LogP contribution in [0.4, 0.5) is 4.39 Å². The maximum Gasteiger partial charge on any atom is 0.266 e. The molecule has 2 aliphatic rings. The van der Waals surface area contributed by atoms with E-state index in [2.05, 4.69) is 0 Å². The fourth-order valence-electron chi connectivity index (χ4n) is 3.81. The zero-order valence-electron chi connectivity index (χ0n) is 16.3. The molecule has 156 valence electrons. The number of rotatable bonds is 5. The van der Waals surface area contributed by atoms with Crippen LogP contribution in [0.25, 0.3) is 6.08 Å². The van der Waals surface area contributed by atoms with Crippen molar-refractivity contribution in [2.75, 3.05) is 0 Å². The Bertz CT molecular complexity index is 984. The van der Waals surface area contributed by atoms with Gasteiger partial charge in [-0.15, -0.1) is 0 Å². The third kappa shape index (κ3) is 4.71. The lowest BCUT2D eigenvalue weighted by molar-refractivity contribution is -0.124. The monoisotopic (exact) mass is 461 g/mol. The molecule has 1 aliphatic carbocycles. The van der Waals surface area contributed by atoms with Crippen LogP contribution in [0.2, 0.25) is 5.02 Å². The Kier molecular flexibility index (Phi) is 6.76. The van der Waals surface area contributed by atoms with Crippen molar-refractivity contribution in [2.45, 2.75) is 44.8 Å². The van der Waals surface area contributed by atoms with Crippen molar-refractivity contribution in [1.82, 2.24) is 4.90 Å². The maximum absolute atomic E-state index is 13.9. The number of thiocarbonyl (C=S) groups is 1. The summed E-state index contributed by atoms with van der Waals surface area (Å²) >= 11 is 12.9. The largest absolute Gasteiger partial charge is 0.489 e. The Balaban J connectivity index is 1.48. The van der Waals surface area contributed by atoms with Gasteiger partial charge in [-0.1, -0.05) is 73.0 Å². The van der Waals surface area contributed by atoms with Gasteiger partial charge < -0.3 is 4.74 Å². The van der Waals surface area contributed by atoms with E-state index in [1.54, 1.807) is 23.1 Å². The summed E-state index contributed by atoms with van der Waals surface area (Å²) in [5, 5.41) is 0.331. The molecule has 30 heavy (non-hydrogen) atoms. The van der Waals surface area contributed by atoms with Gasteiger partial charge in [-0.05, 0) is 48.7 Å². The van der Waals surface area contributed by atoms with Gasteiger partial charge in [-0.3, -0.25) is 9.69 Å². The summed E-state index contributed by atoms with van der Waals surface area (Å²) < 4.78 is 20.3. The van der Waals surface area contributed by atoms with E-state index in [4.69, 9.17) is 28.6 Å². The summed E-state index contributed by atoms with van der Waals surface area (Å²) in [7, 11) is 0. The Morgan fingerprint density at radius 2 is 1.97 bits per heavy atom. The molecule has 0 radical (unpaired) electrons. The highest BCUT2D eigenvalue weighted by atomic mass is 35.5. The van der Waals surface area contributed by atoms with Gasteiger partial charge in [0.15, 0.2) is 0 Å². The average molecular weight is 462 g/mol. The second-order valence-electron chi connectivity index (χ2n) is 7.40. The van der Waals surface area contributed by atoms with E-state index in [-0.39, 0.29) is 18.6 Å². The van der Waals surface area contributed by atoms with Crippen LogP contribution in [0.5, 0.6) is 5.75 Å². The molecule has 0 atom stereocenters. The molecule has 2 fully saturated rings. The molecule has 4 rings (SSSR count). The first-order chi connectivity index (χ1) is 14.5. The molecule has 1 heterocycles. The van der Waals surface area contributed by atoms with Crippen molar-refractivity contribution in [1.29, 1.82) is 0 Å². The van der Waals surface area contributed by atoms with Crippen molar-refractivity contribution < 1.29 is 13.9 Å². The summed E-state index contributed by atoms with van der Waals surface area (Å²) in [6.07, 6.45) is 7.39. The van der Waals surface area contributed by atoms with Gasteiger partial charge in [-0.2, -0.15) is 0 Å². The molecule has 0 unspecified atom stereocenters. The highest BCUT2D eigenvalue weighted by Crippen LogP contribution is 2.37. The zero-order valence-corrected chi connectivity index (χ0v) is 18.7. The first-order valence-electron chi connectivity index (χ1n) is 9.96. The number of nitrogens with zero attached hydrogens (tertiary/aromatic N) is 1. The van der Waals surface area contributed by atoms with Crippen LogP contribution in [-0.2, 0) is 11.4 Å². The van der Waals surface area contributed by atoms with Gasteiger partial charge in [0.05, 0.1) is 9.93 Å². The molecule has 1 saturated heterocycles.